The van der Waals surface area contributed by atoms with Gasteiger partial charge in [0.1, 0.15) is 4.99 Å². The van der Waals surface area contributed by atoms with Gasteiger partial charge in [-0.15, -0.1) is 11.8 Å². The van der Waals surface area contributed by atoms with Gasteiger partial charge < -0.3 is 11.1 Å². The number of nitrogens with one attached hydrogen (secondary N) is 1. The van der Waals surface area contributed by atoms with Crippen LogP contribution in [0.3, 0.4) is 0 Å². The first-order chi connectivity index (χ1) is 8.67. The van der Waals surface area contributed by atoms with Crippen LogP contribution in [0, 0.1) is 5.92 Å². The van der Waals surface area contributed by atoms with E-state index in [9.17, 15) is 0 Å². The van der Waals surface area contributed by atoms with Crippen molar-refractivity contribution in [2.75, 3.05) is 11.6 Å². The molecular formula is C14H20N2S2. The van der Waals surface area contributed by atoms with Gasteiger partial charge in [0.05, 0.1) is 0 Å². The summed E-state index contributed by atoms with van der Waals surface area (Å²) in [6, 6.07) is 6.82. The standard InChI is InChI=1S/C14H20N2S2/c1-3-5-9-8-11(9)16-10-6-4-7-12(18-2)13(10)14(15)17/h4,6-7,9,11,16H,3,5,8H2,1-2H3,(H2,15,17). The van der Waals surface area contributed by atoms with Crippen molar-refractivity contribution in [2.45, 2.75) is 37.1 Å². The molecule has 2 unspecified atom stereocenters. The maximum atomic E-state index is 5.86. The second-order valence-corrected chi connectivity index (χ2v) is 6.07. The maximum absolute atomic E-state index is 5.86. The highest BCUT2D eigenvalue weighted by atomic mass is 32.2. The summed E-state index contributed by atoms with van der Waals surface area (Å²) in [6.45, 7) is 2.24. The Morgan fingerprint density at radius 2 is 2.33 bits per heavy atom. The molecule has 2 nitrogen and oxygen atoms in total. The first-order valence-corrected chi connectivity index (χ1v) is 8.04. The smallest absolute Gasteiger partial charge is 0.107 e. The van der Waals surface area contributed by atoms with Crippen LogP contribution in [0.1, 0.15) is 31.7 Å². The summed E-state index contributed by atoms with van der Waals surface area (Å²) < 4.78 is 0. The van der Waals surface area contributed by atoms with Gasteiger partial charge in [0.15, 0.2) is 0 Å². The quantitative estimate of drug-likeness (QED) is 0.616. The summed E-state index contributed by atoms with van der Waals surface area (Å²) in [7, 11) is 0. The normalized spacial score (nSPS) is 21.7. The monoisotopic (exact) mass is 280 g/mol. The van der Waals surface area contributed by atoms with E-state index in [4.69, 9.17) is 18.0 Å². The average molecular weight is 280 g/mol. The van der Waals surface area contributed by atoms with Crippen molar-refractivity contribution in [2.24, 2.45) is 11.7 Å². The minimum atomic E-state index is 0.482. The van der Waals surface area contributed by atoms with E-state index in [1.54, 1.807) is 11.8 Å². The molecule has 1 fully saturated rings. The molecule has 0 saturated heterocycles. The molecule has 1 aliphatic carbocycles. The van der Waals surface area contributed by atoms with Crippen molar-refractivity contribution < 1.29 is 0 Å². The number of hydrogen-bond acceptors (Lipinski definition) is 3. The Morgan fingerprint density at radius 3 is 2.94 bits per heavy atom. The minimum absolute atomic E-state index is 0.482. The van der Waals surface area contributed by atoms with Gasteiger partial charge in [-0.05, 0) is 37.1 Å². The number of anilines is 1. The van der Waals surface area contributed by atoms with Crippen molar-refractivity contribution in [1.82, 2.24) is 0 Å². The van der Waals surface area contributed by atoms with Gasteiger partial charge in [0.2, 0.25) is 0 Å². The van der Waals surface area contributed by atoms with Crippen molar-refractivity contribution in [3.63, 3.8) is 0 Å². The van der Waals surface area contributed by atoms with Crippen LogP contribution in [0.15, 0.2) is 23.1 Å². The number of hydrogen-bond donors (Lipinski definition) is 2. The molecule has 18 heavy (non-hydrogen) atoms. The number of thioether (sulfide) groups is 1. The van der Waals surface area contributed by atoms with Gasteiger partial charge in [-0.3, -0.25) is 0 Å². The van der Waals surface area contributed by atoms with E-state index < -0.39 is 0 Å². The van der Waals surface area contributed by atoms with Gasteiger partial charge in [-0.25, -0.2) is 0 Å². The van der Waals surface area contributed by atoms with Gasteiger partial charge in [0, 0.05) is 22.2 Å². The SMILES string of the molecule is CCCC1CC1Nc1cccc(SC)c1C(N)=S. The maximum Gasteiger partial charge on any atom is 0.107 e. The van der Waals surface area contributed by atoms with Crippen molar-refractivity contribution in [1.29, 1.82) is 0 Å². The minimum Gasteiger partial charge on any atom is -0.389 e. The Kier molecular flexibility index (Phi) is 4.51. The van der Waals surface area contributed by atoms with E-state index >= 15 is 0 Å². The van der Waals surface area contributed by atoms with Crippen LogP contribution in [-0.4, -0.2) is 17.3 Å². The molecule has 2 atom stereocenters. The molecule has 2 rings (SSSR count). The fraction of sp³-hybridized carbons (Fsp3) is 0.500. The van der Waals surface area contributed by atoms with Gasteiger partial charge in [-0.1, -0.05) is 31.6 Å². The first kappa shape index (κ1) is 13.7. The predicted octanol–water partition coefficient (Wildman–Crippen LogP) is 3.64. The summed E-state index contributed by atoms with van der Waals surface area (Å²) in [5.41, 5.74) is 7.96. The summed E-state index contributed by atoms with van der Waals surface area (Å²) in [5, 5.41) is 3.59. The zero-order valence-electron chi connectivity index (χ0n) is 10.9. The zero-order chi connectivity index (χ0) is 13.1. The Morgan fingerprint density at radius 1 is 1.56 bits per heavy atom. The van der Waals surface area contributed by atoms with E-state index in [0.29, 0.717) is 11.0 Å². The Bertz CT molecular complexity index is 445. The van der Waals surface area contributed by atoms with E-state index in [1.165, 1.54) is 19.3 Å². The lowest BCUT2D eigenvalue weighted by Gasteiger charge is -2.14. The molecule has 0 spiro atoms. The topological polar surface area (TPSA) is 38.0 Å². The number of rotatable bonds is 6. The molecule has 1 aromatic carbocycles. The molecule has 0 amide bonds. The third-order valence-corrected chi connectivity index (χ3v) is 4.40. The molecule has 1 saturated carbocycles. The zero-order valence-corrected chi connectivity index (χ0v) is 12.5. The lowest BCUT2D eigenvalue weighted by atomic mass is 10.1. The van der Waals surface area contributed by atoms with Crippen molar-refractivity contribution in [3.05, 3.63) is 23.8 Å². The average Bonchev–Trinajstić information content (AvgIpc) is 3.07. The molecular weight excluding hydrogens is 260 g/mol. The number of thiocarbonyl (C=S) groups is 1. The van der Waals surface area contributed by atoms with Crippen LogP contribution < -0.4 is 11.1 Å². The highest BCUT2D eigenvalue weighted by Crippen LogP contribution is 2.38. The largest absolute Gasteiger partial charge is 0.389 e. The summed E-state index contributed by atoms with van der Waals surface area (Å²) in [4.78, 5) is 1.63. The first-order valence-electron chi connectivity index (χ1n) is 6.40. The number of nitrogens with two attached hydrogens (primary N) is 1. The molecule has 4 heteroatoms. The van der Waals surface area contributed by atoms with Crippen molar-refractivity contribution in [3.8, 4) is 0 Å². The molecule has 1 aromatic rings. The van der Waals surface area contributed by atoms with Gasteiger partial charge in [-0.2, -0.15) is 0 Å². The molecule has 0 bridgehead atoms. The van der Waals surface area contributed by atoms with Crippen LogP contribution in [-0.2, 0) is 0 Å². The summed E-state index contributed by atoms with van der Waals surface area (Å²) in [6.07, 6.45) is 5.89. The molecule has 0 radical (unpaired) electrons. The lowest BCUT2D eigenvalue weighted by molar-refractivity contribution is 0.693. The predicted molar refractivity (Wildman–Crippen MR) is 84.5 cm³/mol. The molecule has 98 valence electrons. The van der Waals surface area contributed by atoms with E-state index in [2.05, 4.69) is 36.7 Å². The highest BCUT2D eigenvalue weighted by molar-refractivity contribution is 7.98. The number of benzene rings is 1. The lowest BCUT2D eigenvalue weighted by Crippen LogP contribution is -2.16. The second-order valence-electron chi connectivity index (χ2n) is 4.78. The van der Waals surface area contributed by atoms with Crippen molar-refractivity contribution >= 4 is 34.7 Å². The molecule has 0 heterocycles. The highest BCUT2D eigenvalue weighted by Gasteiger charge is 2.36. The second kappa shape index (κ2) is 5.93. The summed E-state index contributed by atoms with van der Waals surface area (Å²) >= 11 is 6.87. The van der Waals surface area contributed by atoms with Crippen LogP contribution in [0.2, 0.25) is 0 Å². The van der Waals surface area contributed by atoms with Gasteiger partial charge >= 0.3 is 0 Å². The van der Waals surface area contributed by atoms with E-state index in [0.717, 1.165) is 22.1 Å². The van der Waals surface area contributed by atoms with Crippen LogP contribution >= 0.6 is 24.0 Å². The third kappa shape index (κ3) is 2.98. The Labute approximate surface area is 119 Å². The molecule has 0 aromatic heterocycles. The fourth-order valence-corrected chi connectivity index (χ4v) is 3.31. The van der Waals surface area contributed by atoms with E-state index in [1.807, 2.05) is 0 Å². The molecule has 0 aliphatic heterocycles. The summed E-state index contributed by atoms with van der Waals surface area (Å²) in [5.74, 6) is 0.826. The molecule has 3 N–H and O–H groups in total. The molecule has 1 aliphatic rings. The van der Waals surface area contributed by atoms with E-state index in [-0.39, 0.29) is 0 Å². The fourth-order valence-electron chi connectivity index (χ4n) is 2.39. The van der Waals surface area contributed by atoms with Crippen LogP contribution in [0.25, 0.3) is 0 Å². The Hall–Kier alpha value is -0.740. The third-order valence-electron chi connectivity index (χ3n) is 3.42. The van der Waals surface area contributed by atoms with Gasteiger partial charge in [0.25, 0.3) is 0 Å². The van der Waals surface area contributed by atoms with Crippen LogP contribution in [0.5, 0.6) is 0 Å². The van der Waals surface area contributed by atoms with Crippen LogP contribution in [0.4, 0.5) is 5.69 Å². The Balaban J connectivity index is 2.15.